The third-order valence-electron chi connectivity index (χ3n) is 5.90. The van der Waals surface area contributed by atoms with Crippen LogP contribution in [0.25, 0.3) is 0 Å². The molecule has 0 unspecified atom stereocenters. The molecule has 0 aromatic heterocycles. The summed E-state index contributed by atoms with van der Waals surface area (Å²) in [7, 11) is 1.77. The van der Waals surface area contributed by atoms with Crippen molar-refractivity contribution in [2.24, 2.45) is 4.99 Å². The van der Waals surface area contributed by atoms with E-state index in [-0.39, 0.29) is 47.3 Å². The predicted octanol–water partition coefficient (Wildman–Crippen LogP) is 4.48. The standard InChI is InChI=1S/C23H35FN4O2.HI/c1-22(2,3)30-21(29)28-19-10-8-18(9-11-19)27-20(25-4)26-15-23(12-13-23)16-6-5-7-17(24)14-16;/h5-7,14,18-19H,8-13,15H2,1-4H3,(H,28,29)(H2,25,26,27);1H. The Morgan fingerprint density at radius 3 is 2.29 bits per heavy atom. The molecule has 0 spiro atoms. The van der Waals surface area contributed by atoms with E-state index in [0.29, 0.717) is 6.04 Å². The summed E-state index contributed by atoms with van der Waals surface area (Å²) in [6.45, 7) is 6.34. The van der Waals surface area contributed by atoms with Crippen molar-refractivity contribution in [3.8, 4) is 0 Å². The van der Waals surface area contributed by atoms with Gasteiger partial charge in [0.25, 0.3) is 0 Å². The molecule has 1 amide bonds. The van der Waals surface area contributed by atoms with Crippen molar-refractivity contribution in [1.82, 2.24) is 16.0 Å². The Bertz CT molecular complexity index is 769. The van der Waals surface area contributed by atoms with Crippen LogP contribution in [0.5, 0.6) is 0 Å². The van der Waals surface area contributed by atoms with Gasteiger partial charge in [0.15, 0.2) is 5.96 Å². The Morgan fingerprint density at radius 2 is 1.77 bits per heavy atom. The third kappa shape index (κ3) is 7.80. The number of benzene rings is 1. The first kappa shape index (κ1) is 25.7. The zero-order chi connectivity index (χ0) is 21.8. The Hall–Kier alpha value is -1.58. The molecule has 1 aromatic rings. The lowest BCUT2D eigenvalue weighted by atomic mass is 9.91. The van der Waals surface area contributed by atoms with Crippen molar-refractivity contribution in [3.63, 3.8) is 0 Å². The van der Waals surface area contributed by atoms with E-state index in [0.717, 1.165) is 56.6 Å². The number of carbonyl (C=O) groups excluding carboxylic acids is 1. The van der Waals surface area contributed by atoms with Crippen LogP contribution in [0.2, 0.25) is 0 Å². The third-order valence-corrected chi connectivity index (χ3v) is 5.90. The minimum atomic E-state index is -0.481. The highest BCUT2D eigenvalue weighted by Gasteiger charge is 2.44. The minimum Gasteiger partial charge on any atom is -0.444 e. The molecule has 3 rings (SSSR count). The molecule has 2 aliphatic rings. The Kier molecular flexibility index (Phi) is 8.97. The van der Waals surface area contributed by atoms with E-state index in [9.17, 15) is 9.18 Å². The average Bonchev–Trinajstić information content (AvgIpc) is 3.46. The number of ether oxygens (including phenoxy) is 1. The molecule has 0 aliphatic heterocycles. The number of alkyl carbamates (subject to hydrolysis) is 1. The van der Waals surface area contributed by atoms with Crippen LogP contribution in [0, 0.1) is 5.82 Å². The van der Waals surface area contributed by atoms with E-state index in [1.165, 1.54) is 6.07 Å². The number of rotatable bonds is 5. The van der Waals surface area contributed by atoms with Crippen LogP contribution in [0.15, 0.2) is 29.3 Å². The van der Waals surface area contributed by atoms with Crippen molar-refractivity contribution in [2.75, 3.05) is 13.6 Å². The van der Waals surface area contributed by atoms with E-state index in [1.807, 2.05) is 26.8 Å². The van der Waals surface area contributed by atoms with E-state index in [2.05, 4.69) is 20.9 Å². The van der Waals surface area contributed by atoms with E-state index >= 15 is 0 Å². The van der Waals surface area contributed by atoms with Crippen molar-refractivity contribution in [3.05, 3.63) is 35.6 Å². The fraction of sp³-hybridized carbons (Fsp3) is 0.652. The average molecular weight is 546 g/mol. The minimum absolute atomic E-state index is 0. The van der Waals surface area contributed by atoms with Crippen LogP contribution < -0.4 is 16.0 Å². The summed E-state index contributed by atoms with van der Waals surface area (Å²) in [5, 5.41) is 9.91. The van der Waals surface area contributed by atoms with Crippen LogP contribution >= 0.6 is 24.0 Å². The van der Waals surface area contributed by atoms with Crippen LogP contribution in [-0.2, 0) is 10.2 Å². The highest BCUT2D eigenvalue weighted by Crippen LogP contribution is 2.47. The molecule has 0 heterocycles. The Labute approximate surface area is 202 Å². The number of guanidine groups is 1. The second-order valence-electron chi connectivity index (χ2n) is 9.56. The van der Waals surface area contributed by atoms with Gasteiger partial charge in [-0.2, -0.15) is 0 Å². The Balaban J connectivity index is 0.00000341. The van der Waals surface area contributed by atoms with Gasteiger partial charge < -0.3 is 20.7 Å². The number of hydrogen-bond acceptors (Lipinski definition) is 3. The van der Waals surface area contributed by atoms with Gasteiger partial charge >= 0.3 is 6.09 Å². The Morgan fingerprint density at radius 1 is 1.16 bits per heavy atom. The first-order chi connectivity index (χ1) is 14.2. The smallest absolute Gasteiger partial charge is 0.407 e. The van der Waals surface area contributed by atoms with Gasteiger partial charge in [0.2, 0.25) is 0 Å². The molecule has 2 saturated carbocycles. The number of amides is 1. The SMILES string of the molecule is CN=C(NCC1(c2cccc(F)c2)CC1)NC1CCC(NC(=O)OC(C)(C)C)CC1.I. The molecule has 2 fully saturated rings. The number of nitrogens with one attached hydrogen (secondary N) is 3. The monoisotopic (exact) mass is 546 g/mol. The first-order valence-electron chi connectivity index (χ1n) is 10.9. The molecular weight excluding hydrogens is 510 g/mol. The maximum atomic E-state index is 13.6. The second-order valence-corrected chi connectivity index (χ2v) is 9.56. The molecule has 0 radical (unpaired) electrons. The van der Waals surface area contributed by atoms with Crippen molar-refractivity contribution < 1.29 is 13.9 Å². The normalized spacial score (nSPS) is 22.7. The number of carbonyl (C=O) groups is 1. The van der Waals surface area contributed by atoms with Gasteiger partial charge in [-0.15, -0.1) is 24.0 Å². The van der Waals surface area contributed by atoms with E-state index in [1.54, 1.807) is 19.2 Å². The van der Waals surface area contributed by atoms with Gasteiger partial charge in [-0.05, 0) is 77.0 Å². The molecule has 31 heavy (non-hydrogen) atoms. The summed E-state index contributed by atoms with van der Waals surface area (Å²) in [4.78, 5) is 16.3. The first-order valence-corrected chi connectivity index (χ1v) is 10.9. The van der Waals surface area contributed by atoms with Gasteiger partial charge in [0.1, 0.15) is 11.4 Å². The van der Waals surface area contributed by atoms with E-state index < -0.39 is 5.60 Å². The lowest BCUT2D eigenvalue weighted by molar-refractivity contribution is 0.0490. The number of halogens is 2. The van der Waals surface area contributed by atoms with Crippen LogP contribution in [0.3, 0.4) is 0 Å². The lowest BCUT2D eigenvalue weighted by Crippen LogP contribution is -2.49. The molecule has 174 valence electrons. The topological polar surface area (TPSA) is 74.8 Å². The van der Waals surface area contributed by atoms with Gasteiger partial charge in [-0.25, -0.2) is 9.18 Å². The quantitative estimate of drug-likeness (QED) is 0.290. The second kappa shape index (κ2) is 10.8. The molecule has 6 nitrogen and oxygen atoms in total. The number of nitrogens with zero attached hydrogens (tertiary/aromatic N) is 1. The van der Waals surface area contributed by atoms with E-state index in [4.69, 9.17) is 4.74 Å². The van der Waals surface area contributed by atoms with Crippen molar-refractivity contribution in [2.45, 2.75) is 82.4 Å². The summed E-state index contributed by atoms with van der Waals surface area (Å²) in [5.74, 6) is 0.597. The zero-order valence-electron chi connectivity index (χ0n) is 19.0. The molecule has 0 atom stereocenters. The lowest BCUT2D eigenvalue weighted by Gasteiger charge is -2.31. The highest BCUT2D eigenvalue weighted by atomic mass is 127. The fourth-order valence-corrected chi connectivity index (χ4v) is 4.03. The fourth-order valence-electron chi connectivity index (χ4n) is 4.03. The van der Waals surface area contributed by atoms with Crippen molar-refractivity contribution >= 4 is 36.0 Å². The molecule has 0 bridgehead atoms. The molecule has 0 saturated heterocycles. The molecule has 2 aliphatic carbocycles. The number of hydrogen-bond donors (Lipinski definition) is 3. The van der Waals surface area contributed by atoms with Crippen LogP contribution in [0.4, 0.5) is 9.18 Å². The van der Waals surface area contributed by atoms with Gasteiger partial charge in [-0.1, -0.05) is 12.1 Å². The predicted molar refractivity (Wildman–Crippen MR) is 133 cm³/mol. The maximum absolute atomic E-state index is 13.6. The van der Waals surface area contributed by atoms with Crippen molar-refractivity contribution in [1.29, 1.82) is 0 Å². The molecule has 3 N–H and O–H groups in total. The van der Waals surface area contributed by atoms with Gasteiger partial charge in [0.05, 0.1) is 0 Å². The maximum Gasteiger partial charge on any atom is 0.407 e. The zero-order valence-corrected chi connectivity index (χ0v) is 21.3. The molecular formula is C23H36FIN4O2. The van der Waals surface area contributed by atoms with Crippen LogP contribution in [-0.4, -0.2) is 43.3 Å². The summed E-state index contributed by atoms with van der Waals surface area (Å²) in [6, 6.07) is 7.38. The largest absolute Gasteiger partial charge is 0.444 e. The number of aliphatic imine (C=N–C) groups is 1. The highest BCUT2D eigenvalue weighted by molar-refractivity contribution is 14.0. The molecule has 8 heteroatoms. The summed E-state index contributed by atoms with van der Waals surface area (Å²) in [6.07, 6.45) is 5.49. The van der Waals surface area contributed by atoms with Gasteiger partial charge in [-0.3, -0.25) is 4.99 Å². The summed E-state index contributed by atoms with van der Waals surface area (Å²) >= 11 is 0. The van der Waals surface area contributed by atoms with Gasteiger partial charge in [0, 0.05) is 31.1 Å². The summed E-state index contributed by atoms with van der Waals surface area (Å²) in [5.41, 5.74) is 0.583. The summed E-state index contributed by atoms with van der Waals surface area (Å²) < 4.78 is 18.9. The van der Waals surface area contributed by atoms with Crippen LogP contribution in [0.1, 0.15) is 64.9 Å². The molecule has 1 aromatic carbocycles.